The number of aromatic nitrogens is 2. The van der Waals surface area contributed by atoms with Gasteiger partial charge in [0.1, 0.15) is 0 Å². The van der Waals surface area contributed by atoms with Crippen molar-refractivity contribution in [3.8, 4) is 0 Å². The molecule has 1 aliphatic rings. The minimum atomic E-state index is 0.882. The summed E-state index contributed by atoms with van der Waals surface area (Å²) >= 11 is 0. The molecule has 0 spiro atoms. The Labute approximate surface area is 88.9 Å². The van der Waals surface area contributed by atoms with Gasteiger partial charge in [-0.25, -0.2) is 0 Å². The summed E-state index contributed by atoms with van der Waals surface area (Å²) in [5, 5.41) is 11.8. The molecule has 0 unspecified atom stereocenters. The summed E-state index contributed by atoms with van der Waals surface area (Å²) in [4.78, 5) is 0. The van der Waals surface area contributed by atoms with Crippen molar-refractivity contribution in [2.45, 2.75) is 19.3 Å². The van der Waals surface area contributed by atoms with Crippen molar-refractivity contribution in [3.05, 3.63) is 24.4 Å². The summed E-state index contributed by atoms with van der Waals surface area (Å²) in [5.41, 5.74) is 2.31. The van der Waals surface area contributed by atoms with Gasteiger partial charge >= 0.3 is 0 Å². The molecule has 0 saturated heterocycles. The average Bonchev–Trinajstić information content (AvgIpc) is 2.63. The van der Waals surface area contributed by atoms with E-state index in [1.165, 1.54) is 30.3 Å². The molecule has 0 atom stereocenters. The summed E-state index contributed by atoms with van der Waals surface area (Å²) < 4.78 is 0. The molecule has 1 aromatic heterocycles. The highest BCUT2D eigenvalue weighted by Gasteiger charge is 2.16. The van der Waals surface area contributed by atoms with Gasteiger partial charge in [0.05, 0.1) is 11.7 Å². The number of H-pyrrole nitrogens is 1. The van der Waals surface area contributed by atoms with Crippen LogP contribution in [0.4, 0.5) is 5.69 Å². The van der Waals surface area contributed by atoms with Crippen molar-refractivity contribution in [2.75, 3.05) is 11.9 Å². The van der Waals surface area contributed by atoms with Crippen LogP contribution in [0.15, 0.2) is 24.4 Å². The first kappa shape index (κ1) is 8.77. The monoisotopic (exact) mass is 201 g/mol. The first-order valence-corrected chi connectivity index (χ1v) is 5.59. The van der Waals surface area contributed by atoms with E-state index in [4.69, 9.17) is 0 Å². The van der Waals surface area contributed by atoms with Crippen molar-refractivity contribution in [2.24, 2.45) is 5.92 Å². The largest absolute Gasteiger partial charge is 0.384 e. The third-order valence-electron chi connectivity index (χ3n) is 3.29. The lowest BCUT2D eigenvalue weighted by Crippen LogP contribution is -2.20. The van der Waals surface area contributed by atoms with E-state index in [9.17, 15) is 0 Å². The van der Waals surface area contributed by atoms with Crippen LogP contribution in [-0.4, -0.2) is 16.7 Å². The van der Waals surface area contributed by atoms with Gasteiger partial charge in [-0.2, -0.15) is 5.10 Å². The Morgan fingerprint density at radius 3 is 3.13 bits per heavy atom. The van der Waals surface area contributed by atoms with E-state index in [1.54, 1.807) is 0 Å². The highest BCUT2D eigenvalue weighted by molar-refractivity contribution is 5.90. The van der Waals surface area contributed by atoms with E-state index in [-0.39, 0.29) is 0 Å². The molecule has 1 aliphatic carbocycles. The predicted molar refractivity (Wildman–Crippen MR) is 61.9 cm³/mol. The normalized spacial score (nSPS) is 16.5. The average molecular weight is 201 g/mol. The number of nitrogens with zero attached hydrogens (tertiary/aromatic N) is 1. The third kappa shape index (κ3) is 1.58. The first-order valence-electron chi connectivity index (χ1n) is 5.59. The molecule has 0 bridgehead atoms. The zero-order valence-electron chi connectivity index (χ0n) is 8.66. The van der Waals surface area contributed by atoms with E-state index < -0.39 is 0 Å². The van der Waals surface area contributed by atoms with Gasteiger partial charge in [0.2, 0.25) is 0 Å². The van der Waals surface area contributed by atoms with E-state index in [0.29, 0.717) is 0 Å². The Morgan fingerprint density at radius 2 is 2.33 bits per heavy atom. The van der Waals surface area contributed by atoms with Gasteiger partial charge in [0.15, 0.2) is 0 Å². The van der Waals surface area contributed by atoms with Gasteiger partial charge in [0.25, 0.3) is 0 Å². The van der Waals surface area contributed by atoms with Gasteiger partial charge in [-0.15, -0.1) is 0 Å². The smallest absolute Gasteiger partial charge is 0.0671 e. The molecular weight excluding hydrogens is 186 g/mol. The van der Waals surface area contributed by atoms with Crippen LogP contribution >= 0.6 is 0 Å². The number of fused-ring (bicyclic) bond motifs is 1. The summed E-state index contributed by atoms with van der Waals surface area (Å²) in [6.45, 7) is 1.10. The molecule has 3 heteroatoms. The quantitative estimate of drug-likeness (QED) is 0.801. The zero-order valence-corrected chi connectivity index (χ0v) is 8.66. The summed E-state index contributed by atoms with van der Waals surface area (Å²) in [5.74, 6) is 0.882. The number of nitrogens with one attached hydrogen (secondary N) is 2. The number of benzene rings is 1. The Kier molecular flexibility index (Phi) is 2.09. The van der Waals surface area contributed by atoms with E-state index in [1.807, 2.05) is 6.20 Å². The van der Waals surface area contributed by atoms with Crippen LogP contribution in [-0.2, 0) is 0 Å². The van der Waals surface area contributed by atoms with Crippen LogP contribution < -0.4 is 5.32 Å². The van der Waals surface area contributed by atoms with Crippen molar-refractivity contribution in [1.82, 2.24) is 10.2 Å². The Morgan fingerprint density at radius 1 is 1.40 bits per heavy atom. The van der Waals surface area contributed by atoms with E-state index >= 15 is 0 Å². The Bertz CT molecular complexity index is 457. The summed E-state index contributed by atoms with van der Waals surface area (Å²) in [7, 11) is 0. The van der Waals surface area contributed by atoms with Crippen LogP contribution in [0.2, 0.25) is 0 Å². The van der Waals surface area contributed by atoms with Crippen LogP contribution in [0.1, 0.15) is 19.3 Å². The number of hydrogen-bond donors (Lipinski definition) is 2. The van der Waals surface area contributed by atoms with Crippen molar-refractivity contribution in [3.63, 3.8) is 0 Å². The molecule has 0 aliphatic heterocycles. The maximum absolute atomic E-state index is 4.06. The lowest BCUT2D eigenvalue weighted by Gasteiger charge is -2.25. The predicted octanol–water partition coefficient (Wildman–Crippen LogP) is 2.77. The van der Waals surface area contributed by atoms with Crippen molar-refractivity contribution < 1.29 is 0 Å². The maximum atomic E-state index is 4.06. The number of hydrogen-bond acceptors (Lipinski definition) is 2. The van der Waals surface area contributed by atoms with Gasteiger partial charge in [-0.05, 0) is 30.9 Å². The van der Waals surface area contributed by atoms with Gasteiger partial charge < -0.3 is 5.32 Å². The second kappa shape index (κ2) is 3.57. The minimum absolute atomic E-state index is 0.882. The third-order valence-corrected chi connectivity index (χ3v) is 3.29. The summed E-state index contributed by atoms with van der Waals surface area (Å²) in [6, 6.07) is 6.23. The van der Waals surface area contributed by atoms with Gasteiger partial charge in [-0.1, -0.05) is 12.5 Å². The van der Waals surface area contributed by atoms with Crippen LogP contribution in [0.5, 0.6) is 0 Å². The van der Waals surface area contributed by atoms with Gasteiger partial charge in [0, 0.05) is 17.6 Å². The minimum Gasteiger partial charge on any atom is -0.384 e. The SMILES string of the molecule is c1cc(NCC2CCC2)c2cn[nH]c2c1. The Hall–Kier alpha value is -1.51. The van der Waals surface area contributed by atoms with Crippen molar-refractivity contribution >= 4 is 16.6 Å². The molecule has 1 saturated carbocycles. The molecule has 15 heavy (non-hydrogen) atoms. The summed E-state index contributed by atoms with van der Waals surface area (Å²) in [6.07, 6.45) is 6.06. The molecule has 3 rings (SSSR count). The maximum Gasteiger partial charge on any atom is 0.0671 e. The lowest BCUT2D eigenvalue weighted by molar-refractivity contribution is 0.333. The van der Waals surface area contributed by atoms with Gasteiger partial charge in [-0.3, -0.25) is 5.10 Å². The Balaban J connectivity index is 1.80. The second-order valence-electron chi connectivity index (χ2n) is 4.31. The molecule has 1 aromatic carbocycles. The molecule has 2 aromatic rings. The number of rotatable bonds is 3. The number of aromatic amines is 1. The van der Waals surface area contributed by atoms with Crippen LogP contribution in [0.3, 0.4) is 0 Å². The van der Waals surface area contributed by atoms with E-state index in [0.717, 1.165) is 18.0 Å². The molecule has 1 heterocycles. The molecule has 1 fully saturated rings. The molecule has 78 valence electrons. The molecular formula is C12H15N3. The van der Waals surface area contributed by atoms with Crippen molar-refractivity contribution in [1.29, 1.82) is 0 Å². The molecule has 0 amide bonds. The topological polar surface area (TPSA) is 40.7 Å². The standard InChI is InChI=1S/C12H15N3/c1-3-9(4-1)7-13-11-5-2-6-12-10(11)8-14-15-12/h2,5-6,8-9,13H,1,3-4,7H2,(H,14,15). The first-order chi connectivity index (χ1) is 7.43. The van der Waals surface area contributed by atoms with E-state index in [2.05, 4.69) is 33.7 Å². The highest BCUT2D eigenvalue weighted by Crippen LogP contribution is 2.28. The fourth-order valence-electron chi connectivity index (χ4n) is 2.07. The van der Waals surface area contributed by atoms with Crippen LogP contribution in [0.25, 0.3) is 10.9 Å². The second-order valence-corrected chi connectivity index (χ2v) is 4.31. The molecule has 2 N–H and O–H groups in total. The molecule has 3 nitrogen and oxygen atoms in total. The van der Waals surface area contributed by atoms with Crippen LogP contribution in [0, 0.1) is 5.92 Å². The molecule has 0 radical (unpaired) electrons. The fourth-order valence-corrected chi connectivity index (χ4v) is 2.07. The fraction of sp³-hybridized carbons (Fsp3) is 0.417. The number of anilines is 1. The highest BCUT2D eigenvalue weighted by atomic mass is 15.1. The lowest BCUT2D eigenvalue weighted by atomic mass is 9.85. The zero-order chi connectivity index (χ0) is 10.1.